The van der Waals surface area contributed by atoms with Crippen molar-refractivity contribution >= 4 is 17.6 Å². The van der Waals surface area contributed by atoms with Gasteiger partial charge in [-0.15, -0.1) is 0 Å². The van der Waals surface area contributed by atoms with Crippen molar-refractivity contribution in [1.29, 1.82) is 0 Å². The number of halogens is 1. The third-order valence-electron chi connectivity index (χ3n) is 2.54. The highest BCUT2D eigenvalue weighted by molar-refractivity contribution is 5.85. The molecule has 0 atom stereocenters. The predicted octanol–water partition coefficient (Wildman–Crippen LogP) is 0.664. The molecule has 0 unspecified atom stereocenters. The van der Waals surface area contributed by atoms with E-state index in [0.717, 1.165) is 0 Å². The van der Waals surface area contributed by atoms with Crippen LogP contribution in [0.1, 0.15) is 5.56 Å². The van der Waals surface area contributed by atoms with Crippen LogP contribution in [-0.4, -0.2) is 35.0 Å². The molecule has 0 fully saturated rings. The minimum atomic E-state index is -1.08. The number of carbonyl (C=O) groups excluding carboxylic acids is 1. The topological polar surface area (TPSA) is 69.6 Å². The number of nitrogens with zero attached hydrogens (tertiary/aromatic N) is 1. The van der Waals surface area contributed by atoms with E-state index >= 15 is 0 Å². The van der Waals surface area contributed by atoms with Gasteiger partial charge in [-0.1, -0.05) is 0 Å². The molecular weight excluding hydrogens is 227 g/mol. The molecule has 0 aromatic heterocycles. The quantitative estimate of drug-likeness (QED) is 0.794. The maximum Gasteiger partial charge on any atom is 0.323 e. The fourth-order valence-electron chi connectivity index (χ4n) is 1.75. The molecule has 1 aromatic rings. The number of amides is 1. The first-order valence-corrected chi connectivity index (χ1v) is 5.08. The second-order valence-corrected chi connectivity index (χ2v) is 3.80. The Kier molecular flexibility index (Phi) is 2.95. The lowest BCUT2D eigenvalue weighted by molar-refractivity contribution is -0.144. The highest BCUT2D eigenvalue weighted by Gasteiger charge is 2.22. The van der Waals surface area contributed by atoms with Gasteiger partial charge in [0.1, 0.15) is 12.4 Å². The van der Waals surface area contributed by atoms with E-state index in [0.29, 0.717) is 11.3 Å². The lowest BCUT2D eigenvalue weighted by Crippen LogP contribution is -2.36. The second kappa shape index (κ2) is 4.40. The zero-order valence-electron chi connectivity index (χ0n) is 8.94. The Bertz CT molecular complexity index is 476. The van der Waals surface area contributed by atoms with Gasteiger partial charge in [-0.05, 0) is 23.8 Å². The SMILES string of the molecule is O=C(O)CN1Cc2cc(F)ccc2NCC1=O. The van der Waals surface area contributed by atoms with Crippen LogP contribution in [0, 0.1) is 5.82 Å². The molecule has 0 aliphatic carbocycles. The van der Waals surface area contributed by atoms with Gasteiger partial charge in [0.05, 0.1) is 6.54 Å². The number of benzene rings is 1. The molecule has 0 saturated carbocycles. The maximum atomic E-state index is 13.1. The summed E-state index contributed by atoms with van der Waals surface area (Å²) < 4.78 is 13.1. The molecular formula is C11H11FN2O3. The van der Waals surface area contributed by atoms with Crippen LogP contribution in [0.2, 0.25) is 0 Å². The Balaban J connectivity index is 2.28. The normalized spacial score (nSPS) is 14.9. The number of rotatable bonds is 2. The third-order valence-corrected chi connectivity index (χ3v) is 2.54. The summed E-state index contributed by atoms with van der Waals surface area (Å²) in [6, 6.07) is 4.14. The van der Waals surface area contributed by atoms with Crippen LogP contribution in [0.5, 0.6) is 0 Å². The van der Waals surface area contributed by atoms with Crippen LogP contribution in [0.4, 0.5) is 10.1 Å². The molecule has 1 amide bonds. The van der Waals surface area contributed by atoms with Gasteiger partial charge in [0, 0.05) is 12.2 Å². The van der Waals surface area contributed by atoms with Crippen LogP contribution in [0.15, 0.2) is 18.2 Å². The van der Waals surface area contributed by atoms with Crippen molar-refractivity contribution in [3.05, 3.63) is 29.6 Å². The van der Waals surface area contributed by atoms with Crippen molar-refractivity contribution in [1.82, 2.24) is 4.90 Å². The van der Waals surface area contributed by atoms with Crippen LogP contribution >= 0.6 is 0 Å². The molecule has 0 saturated heterocycles. The smallest absolute Gasteiger partial charge is 0.323 e. The van der Waals surface area contributed by atoms with Crippen LogP contribution in [-0.2, 0) is 16.1 Å². The van der Waals surface area contributed by atoms with Crippen molar-refractivity contribution in [2.75, 3.05) is 18.4 Å². The first-order valence-electron chi connectivity index (χ1n) is 5.08. The van der Waals surface area contributed by atoms with E-state index in [4.69, 9.17) is 5.11 Å². The number of carboxylic acid groups (broad SMARTS) is 1. The van der Waals surface area contributed by atoms with Gasteiger partial charge in [-0.2, -0.15) is 0 Å². The molecule has 0 radical (unpaired) electrons. The van der Waals surface area contributed by atoms with Gasteiger partial charge < -0.3 is 15.3 Å². The maximum absolute atomic E-state index is 13.1. The molecule has 1 aliphatic heterocycles. The van der Waals surface area contributed by atoms with Crippen LogP contribution in [0.25, 0.3) is 0 Å². The highest BCUT2D eigenvalue weighted by Crippen LogP contribution is 2.21. The summed E-state index contributed by atoms with van der Waals surface area (Å²) in [5, 5.41) is 11.5. The first kappa shape index (κ1) is 11.4. The zero-order valence-corrected chi connectivity index (χ0v) is 8.94. The summed E-state index contributed by atoms with van der Waals surface area (Å²) in [5.74, 6) is -1.81. The molecule has 17 heavy (non-hydrogen) atoms. The molecule has 90 valence electrons. The fraction of sp³-hybridized carbons (Fsp3) is 0.273. The van der Waals surface area contributed by atoms with E-state index < -0.39 is 11.8 Å². The predicted molar refractivity (Wildman–Crippen MR) is 57.9 cm³/mol. The second-order valence-electron chi connectivity index (χ2n) is 3.80. The average Bonchev–Trinajstić information content (AvgIpc) is 2.39. The molecule has 1 aromatic carbocycles. The van der Waals surface area contributed by atoms with Gasteiger partial charge >= 0.3 is 5.97 Å². The summed E-state index contributed by atoms with van der Waals surface area (Å²) in [7, 11) is 0. The molecule has 2 rings (SSSR count). The highest BCUT2D eigenvalue weighted by atomic mass is 19.1. The van der Waals surface area contributed by atoms with Crippen molar-refractivity contribution in [2.45, 2.75) is 6.54 Å². The Morgan fingerprint density at radius 2 is 2.29 bits per heavy atom. The number of anilines is 1. The number of nitrogens with one attached hydrogen (secondary N) is 1. The molecule has 1 aliphatic rings. The number of carboxylic acids is 1. The van der Waals surface area contributed by atoms with Gasteiger partial charge in [-0.3, -0.25) is 9.59 Å². The summed E-state index contributed by atoms with van der Waals surface area (Å²) >= 11 is 0. The van der Waals surface area contributed by atoms with E-state index in [9.17, 15) is 14.0 Å². The Hall–Kier alpha value is -2.11. The number of hydrogen-bond donors (Lipinski definition) is 2. The standard InChI is InChI=1S/C11H11FN2O3/c12-8-1-2-9-7(3-8)5-14(6-11(16)17)10(15)4-13-9/h1-3,13H,4-6H2,(H,16,17). The molecule has 2 N–H and O–H groups in total. The molecule has 0 bridgehead atoms. The van der Waals surface area contributed by atoms with Crippen molar-refractivity contribution in [2.24, 2.45) is 0 Å². The molecule has 1 heterocycles. The Morgan fingerprint density at radius 3 is 3.00 bits per heavy atom. The molecule has 0 spiro atoms. The van der Waals surface area contributed by atoms with Crippen LogP contribution in [0.3, 0.4) is 0 Å². The van der Waals surface area contributed by atoms with Gasteiger partial charge in [0.2, 0.25) is 5.91 Å². The van der Waals surface area contributed by atoms with Gasteiger partial charge in [0.25, 0.3) is 0 Å². The summed E-state index contributed by atoms with van der Waals surface area (Å²) in [6.45, 7) is -0.256. The van der Waals surface area contributed by atoms with Crippen molar-refractivity contribution in [3.63, 3.8) is 0 Å². The van der Waals surface area contributed by atoms with E-state index in [1.54, 1.807) is 6.07 Å². The van der Waals surface area contributed by atoms with Crippen molar-refractivity contribution < 1.29 is 19.1 Å². The van der Waals surface area contributed by atoms with E-state index in [1.807, 2.05) is 0 Å². The Morgan fingerprint density at radius 1 is 1.53 bits per heavy atom. The first-order chi connectivity index (χ1) is 8.06. The third kappa shape index (κ3) is 2.52. The van der Waals surface area contributed by atoms with E-state index in [2.05, 4.69) is 5.32 Å². The average molecular weight is 238 g/mol. The van der Waals surface area contributed by atoms with Gasteiger partial charge in [-0.25, -0.2) is 4.39 Å². The minimum Gasteiger partial charge on any atom is -0.480 e. The molecule has 6 heteroatoms. The lowest BCUT2D eigenvalue weighted by Gasteiger charge is -2.17. The van der Waals surface area contributed by atoms with Crippen molar-refractivity contribution in [3.8, 4) is 0 Å². The van der Waals surface area contributed by atoms with Gasteiger partial charge in [0.15, 0.2) is 0 Å². The summed E-state index contributed by atoms with van der Waals surface area (Å²) in [4.78, 5) is 23.4. The monoisotopic (exact) mass is 238 g/mol. The minimum absolute atomic E-state index is 0.0198. The number of carbonyl (C=O) groups is 2. The number of fused-ring (bicyclic) bond motifs is 1. The number of aliphatic carboxylic acids is 1. The fourth-order valence-corrected chi connectivity index (χ4v) is 1.75. The van der Waals surface area contributed by atoms with Crippen LogP contribution < -0.4 is 5.32 Å². The summed E-state index contributed by atoms with van der Waals surface area (Å²) in [6.07, 6.45) is 0. The van der Waals surface area contributed by atoms with E-state index in [1.165, 1.54) is 17.0 Å². The molecule has 5 nitrogen and oxygen atoms in total. The zero-order chi connectivity index (χ0) is 12.4. The Labute approximate surface area is 96.8 Å². The number of hydrogen-bond acceptors (Lipinski definition) is 3. The summed E-state index contributed by atoms with van der Waals surface area (Å²) in [5.41, 5.74) is 1.24. The largest absolute Gasteiger partial charge is 0.480 e. The lowest BCUT2D eigenvalue weighted by atomic mass is 10.1. The van der Waals surface area contributed by atoms with E-state index in [-0.39, 0.29) is 25.5 Å².